The molecule has 3 atom stereocenters. The molecular formula is C44H89N2O6P. The number of carbonyl (C=O) groups is 1. The van der Waals surface area contributed by atoms with E-state index in [9.17, 15) is 19.4 Å². The van der Waals surface area contributed by atoms with Gasteiger partial charge in [-0.15, -0.1) is 0 Å². The van der Waals surface area contributed by atoms with Gasteiger partial charge in [0.25, 0.3) is 7.82 Å². The molecule has 0 aromatic rings. The molecule has 1 amide bonds. The number of unbranched alkanes of at least 4 members (excludes halogenated alkanes) is 26. The summed E-state index contributed by atoms with van der Waals surface area (Å²) < 4.78 is 23.2. The number of phosphoric acid groups is 1. The van der Waals surface area contributed by atoms with E-state index in [0.29, 0.717) is 23.9 Å². The van der Waals surface area contributed by atoms with Crippen molar-refractivity contribution in [2.75, 3.05) is 40.9 Å². The number of carbonyl (C=O) groups excluding carboxylic acids is 1. The van der Waals surface area contributed by atoms with Gasteiger partial charge in [-0.25, -0.2) is 0 Å². The van der Waals surface area contributed by atoms with E-state index in [-0.39, 0.29) is 19.1 Å². The zero-order valence-corrected chi connectivity index (χ0v) is 36.6. The normalized spacial score (nSPS) is 14.5. The molecule has 9 heteroatoms. The molecule has 0 saturated carbocycles. The van der Waals surface area contributed by atoms with E-state index in [0.717, 1.165) is 57.8 Å². The zero-order chi connectivity index (χ0) is 39.3. The molecule has 0 fully saturated rings. The third-order valence-corrected chi connectivity index (χ3v) is 11.2. The number of nitrogens with one attached hydrogen (secondary N) is 1. The van der Waals surface area contributed by atoms with E-state index in [1.807, 2.05) is 21.1 Å². The highest BCUT2D eigenvalue weighted by molar-refractivity contribution is 7.45. The van der Waals surface area contributed by atoms with Crippen molar-refractivity contribution in [3.63, 3.8) is 0 Å². The molecule has 8 nitrogen and oxygen atoms in total. The number of rotatable bonds is 41. The summed E-state index contributed by atoms with van der Waals surface area (Å²) in [4.78, 5) is 25.2. The predicted octanol–water partition coefficient (Wildman–Crippen LogP) is 11.7. The summed E-state index contributed by atoms with van der Waals surface area (Å²) in [5.41, 5.74) is 0. The lowest BCUT2D eigenvalue weighted by atomic mass is 10.0. The standard InChI is InChI=1S/C44H89N2O6P/c1-6-8-10-12-14-16-18-19-20-21-22-23-24-25-26-27-28-29-31-33-35-37-43(47)42(41-52-53(49,50)51-40-39-46(3,4)5)45-44(48)38-36-34-32-30-17-15-13-11-9-7-2/h11,13,42-43,47H,6-10,12,14-41H2,1-5H3,(H-,45,48,49,50)/b13-11-. The van der Waals surface area contributed by atoms with Crippen molar-refractivity contribution in [2.24, 2.45) is 0 Å². The molecule has 0 aliphatic rings. The zero-order valence-electron chi connectivity index (χ0n) is 35.7. The van der Waals surface area contributed by atoms with Gasteiger partial charge in [-0.3, -0.25) is 9.36 Å². The van der Waals surface area contributed by atoms with Crippen molar-refractivity contribution >= 4 is 13.7 Å². The quantitative estimate of drug-likeness (QED) is 0.0277. The van der Waals surface area contributed by atoms with Gasteiger partial charge in [0.1, 0.15) is 13.2 Å². The van der Waals surface area contributed by atoms with E-state index in [4.69, 9.17) is 9.05 Å². The van der Waals surface area contributed by atoms with Crippen molar-refractivity contribution in [3.05, 3.63) is 12.2 Å². The second-order valence-electron chi connectivity index (χ2n) is 16.8. The number of nitrogens with zero attached hydrogens (tertiary/aromatic N) is 1. The van der Waals surface area contributed by atoms with Crippen LogP contribution in [0.2, 0.25) is 0 Å². The smallest absolute Gasteiger partial charge is 0.268 e. The Balaban J connectivity index is 4.23. The van der Waals surface area contributed by atoms with Gasteiger partial charge in [0.05, 0.1) is 39.9 Å². The molecule has 2 N–H and O–H groups in total. The summed E-state index contributed by atoms with van der Waals surface area (Å²) in [5, 5.41) is 13.9. The second-order valence-corrected chi connectivity index (χ2v) is 18.2. The molecule has 0 aliphatic carbocycles. The Kier molecular flexibility index (Phi) is 36.3. The van der Waals surface area contributed by atoms with Crippen molar-refractivity contribution in [1.29, 1.82) is 0 Å². The molecule has 0 aliphatic heterocycles. The van der Waals surface area contributed by atoms with E-state index in [1.54, 1.807) is 0 Å². The summed E-state index contributed by atoms with van der Waals surface area (Å²) in [6.45, 7) is 4.66. The molecule has 0 saturated heterocycles. The fourth-order valence-corrected chi connectivity index (χ4v) is 7.35. The molecular weight excluding hydrogens is 683 g/mol. The first-order valence-corrected chi connectivity index (χ1v) is 24.0. The molecule has 0 aromatic heterocycles. The topological polar surface area (TPSA) is 108 Å². The highest BCUT2D eigenvalue weighted by atomic mass is 31.2. The Morgan fingerprint density at radius 1 is 0.642 bits per heavy atom. The number of quaternary nitrogens is 1. The monoisotopic (exact) mass is 773 g/mol. The number of amides is 1. The van der Waals surface area contributed by atoms with Crippen LogP contribution in [0.1, 0.15) is 213 Å². The van der Waals surface area contributed by atoms with Crippen LogP contribution in [-0.2, 0) is 18.4 Å². The minimum absolute atomic E-state index is 0.0122. The molecule has 0 spiro atoms. The average Bonchev–Trinajstić information content (AvgIpc) is 3.10. The van der Waals surface area contributed by atoms with Gasteiger partial charge in [-0.2, -0.15) is 0 Å². The van der Waals surface area contributed by atoms with Gasteiger partial charge in [-0.1, -0.05) is 187 Å². The van der Waals surface area contributed by atoms with Gasteiger partial charge in [0.2, 0.25) is 5.91 Å². The Bertz CT molecular complexity index is 880. The summed E-state index contributed by atoms with van der Waals surface area (Å²) >= 11 is 0. The van der Waals surface area contributed by atoms with Crippen LogP contribution >= 0.6 is 7.82 Å². The lowest BCUT2D eigenvalue weighted by Crippen LogP contribution is -2.46. The molecule has 0 heterocycles. The molecule has 0 bridgehead atoms. The Morgan fingerprint density at radius 3 is 1.55 bits per heavy atom. The molecule has 0 aromatic carbocycles. The predicted molar refractivity (Wildman–Crippen MR) is 224 cm³/mol. The fourth-order valence-electron chi connectivity index (χ4n) is 6.63. The number of allylic oxidation sites excluding steroid dienone is 2. The molecule has 316 valence electrons. The van der Waals surface area contributed by atoms with Crippen LogP contribution in [0.5, 0.6) is 0 Å². The number of aliphatic hydroxyl groups is 1. The third-order valence-electron chi connectivity index (χ3n) is 10.2. The maximum absolute atomic E-state index is 12.8. The minimum atomic E-state index is -4.56. The van der Waals surface area contributed by atoms with Crippen LogP contribution in [0.3, 0.4) is 0 Å². The largest absolute Gasteiger partial charge is 0.756 e. The van der Waals surface area contributed by atoms with E-state index in [1.165, 1.54) is 128 Å². The lowest BCUT2D eigenvalue weighted by Gasteiger charge is -2.30. The first-order valence-electron chi connectivity index (χ1n) is 22.5. The summed E-state index contributed by atoms with van der Waals surface area (Å²) in [5.74, 6) is -0.175. The van der Waals surface area contributed by atoms with E-state index >= 15 is 0 Å². The molecule has 53 heavy (non-hydrogen) atoms. The first kappa shape index (κ1) is 52.2. The lowest BCUT2D eigenvalue weighted by molar-refractivity contribution is -0.870. The molecule has 0 rings (SSSR count). The maximum Gasteiger partial charge on any atom is 0.268 e. The number of aliphatic hydroxyl groups excluding tert-OH is 1. The Hall–Kier alpha value is -0.760. The van der Waals surface area contributed by atoms with Gasteiger partial charge in [0, 0.05) is 6.42 Å². The highest BCUT2D eigenvalue weighted by Crippen LogP contribution is 2.38. The SMILES string of the molecule is CCC/C=C\CCCCCCCC(=O)NC(COP(=O)([O-])OCC[N+](C)(C)C)C(O)CCCCCCCCCCCCCCCCCCCCCCC. The second kappa shape index (κ2) is 36.9. The van der Waals surface area contributed by atoms with Crippen LogP contribution in [0.25, 0.3) is 0 Å². The minimum Gasteiger partial charge on any atom is -0.756 e. The van der Waals surface area contributed by atoms with Crippen molar-refractivity contribution in [2.45, 2.75) is 225 Å². The Morgan fingerprint density at radius 2 is 1.08 bits per heavy atom. The maximum atomic E-state index is 12.8. The number of phosphoric ester groups is 1. The van der Waals surface area contributed by atoms with Crippen molar-refractivity contribution in [1.82, 2.24) is 5.32 Å². The highest BCUT2D eigenvalue weighted by Gasteiger charge is 2.24. The van der Waals surface area contributed by atoms with E-state index in [2.05, 4.69) is 31.3 Å². The van der Waals surface area contributed by atoms with Crippen LogP contribution in [-0.4, -0.2) is 68.5 Å². The van der Waals surface area contributed by atoms with E-state index < -0.39 is 20.0 Å². The summed E-state index contributed by atoms with van der Waals surface area (Å²) in [7, 11) is 1.30. The van der Waals surface area contributed by atoms with Crippen LogP contribution in [0.4, 0.5) is 0 Å². The molecule has 0 radical (unpaired) electrons. The van der Waals surface area contributed by atoms with Gasteiger partial charge in [0.15, 0.2) is 0 Å². The van der Waals surface area contributed by atoms with Crippen molar-refractivity contribution < 1.29 is 32.9 Å². The van der Waals surface area contributed by atoms with Gasteiger partial charge >= 0.3 is 0 Å². The van der Waals surface area contributed by atoms with Gasteiger partial charge in [-0.05, 0) is 32.1 Å². The summed E-state index contributed by atoms with van der Waals surface area (Å²) in [6.07, 6.45) is 40.8. The number of likely N-dealkylation sites (N-methyl/N-ethyl adjacent to an activating group) is 1. The van der Waals surface area contributed by atoms with Crippen LogP contribution < -0.4 is 10.2 Å². The first-order chi connectivity index (χ1) is 25.5. The Labute approximate surface area is 329 Å². The third kappa shape index (κ3) is 39.3. The summed E-state index contributed by atoms with van der Waals surface area (Å²) in [6, 6.07) is -0.799. The van der Waals surface area contributed by atoms with Crippen LogP contribution in [0, 0.1) is 0 Å². The van der Waals surface area contributed by atoms with Gasteiger partial charge < -0.3 is 28.8 Å². The molecule has 3 unspecified atom stereocenters. The number of hydrogen-bond acceptors (Lipinski definition) is 6. The number of hydrogen-bond donors (Lipinski definition) is 2. The average molecular weight is 773 g/mol. The fraction of sp³-hybridized carbons (Fsp3) is 0.932. The van der Waals surface area contributed by atoms with Crippen molar-refractivity contribution in [3.8, 4) is 0 Å². The van der Waals surface area contributed by atoms with Crippen LogP contribution in [0.15, 0.2) is 12.2 Å².